The lowest BCUT2D eigenvalue weighted by molar-refractivity contribution is 0.515. The van der Waals surface area contributed by atoms with Crippen molar-refractivity contribution < 1.29 is 0 Å². The zero-order chi connectivity index (χ0) is 14.5. The van der Waals surface area contributed by atoms with Crippen LogP contribution in [-0.4, -0.2) is 36.3 Å². The van der Waals surface area contributed by atoms with E-state index in [1.54, 1.807) is 24.3 Å². The second-order valence-corrected chi connectivity index (χ2v) is 6.39. The third kappa shape index (κ3) is 3.72. The molecule has 0 amide bonds. The second kappa shape index (κ2) is 6.89. The molecule has 1 fully saturated rings. The monoisotopic (exact) mass is 304 g/mol. The Bertz CT molecular complexity index is 565. The number of hydrogen-bond donors (Lipinski definition) is 1. The lowest BCUT2D eigenvalue weighted by Gasteiger charge is -2.20. The van der Waals surface area contributed by atoms with Crippen LogP contribution in [0.2, 0.25) is 0 Å². The van der Waals surface area contributed by atoms with Crippen LogP contribution in [0.4, 0.5) is 5.95 Å². The van der Waals surface area contributed by atoms with Gasteiger partial charge in [-0.3, -0.25) is 4.57 Å². The summed E-state index contributed by atoms with van der Waals surface area (Å²) in [6, 6.07) is 0. The fourth-order valence-corrected chi connectivity index (χ4v) is 3.60. The third-order valence-corrected chi connectivity index (χ3v) is 4.70. The first-order valence-corrected chi connectivity index (χ1v) is 8.38. The van der Waals surface area contributed by atoms with E-state index in [2.05, 4.69) is 25.3 Å². The van der Waals surface area contributed by atoms with Crippen molar-refractivity contribution in [2.24, 2.45) is 0 Å². The van der Waals surface area contributed by atoms with Crippen molar-refractivity contribution in [1.29, 1.82) is 0 Å². The topological polar surface area (TPSA) is 68.5 Å². The van der Waals surface area contributed by atoms with E-state index in [-0.39, 0.29) is 0 Å². The van der Waals surface area contributed by atoms with Gasteiger partial charge in [-0.1, -0.05) is 31.0 Å². The molecule has 3 rings (SSSR count). The zero-order valence-electron chi connectivity index (χ0n) is 12.2. The van der Waals surface area contributed by atoms with Gasteiger partial charge in [0.25, 0.3) is 0 Å². The minimum absolute atomic E-state index is 0.622. The van der Waals surface area contributed by atoms with Crippen LogP contribution in [0.1, 0.15) is 39.0 Å². The maximum absolute atomic E-state index is 4.58. The summed E-state index contributed by atoms with van der Waals surface area (Å²) in [5.41, 5.74) is 0. The predicted molar refractivity (Wildman–Crippen MR) is 83.8 cm³/mol. The van der Waals surface area contributed by atoms with Crippen LogP contribution in [-0.2, 0) is 0 Å². The lowest BCUT2D eigenvalue weighted by atomic mass is 10.0. The first-order chi connectivity index (χ1) is 10.3. The summed E-state index contributed by atoms with van der Waals surface area (Å²) in [5, 5.41) is 4.61. The predicted octanol–water partition coefficient (Wildman–Crippen LogP) is 2.91. The molecule has 1 saturated carbocycles. The molecule has 1 aliphatic carbocycles. The van der Waals surface area contributed by atoms with Crippen molar-refractivity contribution in [3.05, 3.63) is 18.7 Å². The molecule has 2 aromatic heterocycles. The smallest absolute Gasteiger partial charge is 0.240 e. The Hall–Kier alpha value is -1.63. The van der Waals surface area contributed by atoms with Gasteiger partial charge in [-0.2, -0.15) is 15.0 Å². The number of nitrogens with zero attached hydrogens (tertiary/aromatic N) is 5. The van der Waals surface area contributed by atoms with Crippen molar-refractivity contribution >= 4 is 17.7 Å². The van der Waals surface area contributed by atoms with Gasteiger partial charge in [0.1, 0.15) is 6.33 Å². The zero-order valence-corrected chi connectivity index (χ0v) is 13.0. The Morgan fingerprint density at radius 3 is 2.81 bits per heavy atom. The van der Waals surface area contributed by atoms with Crippen molar-refractivity contribution in [3.63, 3.8) is 0 Å². The van der Waals surface area contributed by atoms with Crippen LogP contribution in [0.5, 0.6) is 0 Å². The summed E-state index contributed by atoms with van der Waals surface area (Å²) in [6.07, 6.45) is 11.8. The molecule has 1 N–H and O–H groups in total. The third-order valence-electron chi connectivity index (χ3n) is 3.50. The molecule has 7 heteroatoms. The van der Waals surface area contributed by atoms with Gasteiger partial charge in [0, 0.05) is 24.2 Å². The van der Waals surface area contributed by atoms with Gasteiger partial charge in [-0.25, -0.2) is 4.98 Å². The van der Waals surface area contributed by atoms with Crippen molar-refractivity contribution in [1.82, 2.24) is 24.5 Å². The largest absolute Gasteiger partial charge is 0.354 e. The fraction of sp³-hybridized carbons (Fsp3) is 0.571. The summed E-state index contributed by atoms with van der Waals surface area (Å²) in [4.78, 5) is 17.6. The summed E-state index contributed by atoms with van der Waals surface area (Å²) < 4.78 is 1.81. The van der Waals surface area contributed by atoms with E-state index in [4.69, 9.17) is 0 Å². The highest BCUT2D eigenvalue weighted by atomic mass is 32.2. The SMILES string of the molecule is CCNc1nc(SC2CCCCC2)nc(-n2ccnc2)n1. The Labute approximate surface area is 128 Å². The van der Waals surface area contributed by atoms with Gasteiger partial charge in [-0.05, 0) is 19.8 Å². The van der Waals surface area contributed by atoms with Gasteiger partial charge in [0.05, 0.1) is 0 Å². The summed E-state index contributed by atoms with van der Waals surface area (Å²) >= 11 is 1.78. The molecule has 0 atom stereocenters. The average molecular weight is 304 g/mol. The number of aromatic nitrogens is 5. The van der Waals surface area contributed by atoms with Crippen molar-refractivity contribution in [2.75, 3.05) is 11.9 Å². The van der Waals surface area contributed by atoms with E-state index < -0.39 is 0 Å². The molecule has 2 heterocycles. The normalized spacial score (nSPS) is 16.0. The van der Waals surface area contributed by atoms with Crippen LogP contribution < -0.4 is 5.32 Å². The quantitative estimate of drug-likeness (QED) is 0.916. The molecule has 1 aliphatic rings. The van der Waals surface area contributed by atoms with E-state index >= 15 is 0 Å². The Balaban J connectivity index is 1.84. The number of thioether (sulfide) groups is 1. The molecule has 0 unspecified atom stereocenters. The molecule has 0 aromatic carbocycles. The molecule has 2 aromatic rings. The minimum atomic E-state index is 0.622. The standard InChI is InChI=1S/C14H20N6S/c1-2-16-12-17-13(20-9-8-15-10-20)19-14(18-12)21-11-6-4-3-5-7-11/h8-11H,2-7H2,1H3,(H,16,17,18,19). The van der Waals surface area contributed by atoms with Crippen LogP contribution in [0, 0.1) is 0 Å². The van der Waals surface area contributed by atoms with E-state index in [1.165, 1.54) is 32.1 Å². The van der Waals surface area contributed by atoms with Crippen LogP contribution in [0.15, 0.2) is 23.9 Å². The number of nitrogens with one attached hydrogen (secondary N) is 1. The first-order valence-electron chi connectivity index (χ1n) is 7.50. The minimum Gasteiger partial charge on any atom is -0.354 e. The number of imidazole rings is 1. The lowest BCUT2D eigenvalue weighted by Crippen LogP contribution is -2.12. The van der Waals surface area contributed by atoms with Crippen molar-refractivity contribution in [2.45, 2.75) is 49.4 Å². The highest BCUT2D eigenvalue weighted by molar-refractivity contribution is 7.99. The van der Waals surface area contributed by atoms with Crippen LogP contribution in [0.3, 0.4) is 0 Å². The fourth-order valence-electron chi connectivity index (χ4n) is 2.46. The summed E-state index contributed by atoms with van der Waals surface area (Å²) in [6.45, 7) is 2.83. The van der Waals surface area contributed by atoms with Crippen molar-refractivity contribution in [3.8, 4) is 5.95 Å². The van der Waals surface area contributed by atoms with E-state index in [0.717, 1.165) is 11.7 Å². The van der Waals surface area contributed by atoms with E-state index in [1.807, 2.05) is 17.7 Å². The highest BCUT2D eigenvalue weighted by Gasteiger charge is 2.17. The van der Waals surface area contributed by atoms with Gasteiger partial charge in [0.15, 0.2) is 5.16 Å². The molecular weight excluding hydrogens is 284 g/mol. The first kappa shape index (κ1) is 14.3. The maximum Gasteiger partial charge on any atom is 0.240 e. The van der Waals surface area contributed by atoms with Gasteiger partial charge in [-0.15, -0.1) is 0 Å². The van der Waals surface area contributed by atoms with Gasteiger partial charge < -0.3 is 5.32 Å². The summed E-state index contributed by atoms with van der Waals surface area (Å²) in [5.74, 6) is 1.26. The maximum atomic E-state index is 4.58. The number of anilines is 1. The summed E-state index contributed by atoms with van der Waals surface area (Å²) in [7, 11) is 0. The Kier molecular flexibility index (Phi) is 4.69. The Morgan fingerprint density at radius 2 is 2.10 bits per heavy atom. The number of rotatable bonds is 5. The number of hydrogen-bond acceptors (Lipinski definition) is 6. The molecule has 0 spiro atoms. The molecule has 0 radical (unpaired) electrons. The molecule has 0 bridgehead atoms. The Morgan fingerprint density at radius 1 is 1.24 bits per heavy atom. The average Bonchev–Trinajstić information content (AvgIpc) is 3.03. The van der Waals surface area contributed by atoms with E-state index in [9.17, 15) is 0 Å². The molecule has 6 nitrogen and oxygen atoms in total. The van der Waals surface area contributed by atoms with Crippen LogP contribution >= 0.6 is 11.8 Å². The van der Waals surface area contributed by atoms with Crippen LogP contribution in [0.25, 0.3) is 5.95 Å². The molecule has 112 valence electrons. The molecule has 0 aliphatic heterocycles. The second-order valence-electron chi connectivity index (χ2n) is 5.12. The molecule has 21 heavy (non-hydrogen) atoms. The van der Waals surface area contributed by atoms with E-state index in [0.29, 0.717) is 17.1 Å². The molecule has 0 saturated heterocycles. The molecular formula is C14H20N6S. The van der Waals surface area contributed by atoms with Gasteiger partial charge in [0.2, 0.25) is 11.9 Å². The highest BCUT2D eigenvalue weighted by Crippen LogP contribution is 2.32. The van der Waals surface area contributed by atoms with Gasteiger partial charge >= 0.3 is 0 Å².